The molecule has 0 radical (unpaired) electrons. The second-order valence-electron chi connectivity index (χ2n) is 4.25. The molecule has 2 fully saturated rings. The number of aliphatic carboxylic acids is 1. The van der Waals surface area contributed by atoms with Crippen LogP contribution in [0.5, 0.6) is 0 Å². The maximum Gasteiger partial charge on any atom is 0.303 e. The van der Waals surface area contributed by atoms with Crippen molar-refractivity contribution in [1.29, 1.82) is 0 Å². The van der Waals surface area contributed by atoms with E-state index in [0.717, 1.165) is 23.3 Å². The Kier molecular flexibility index (Phi) is 2.82. The molecule has 0 spiro atoms. The number of hydrogen-bond donors (Lipinski definition) is 1. The van der Waals surface area contributed by atoms with Gasteiger partial charge in [-0.25, -0.2) is 0 Å². The fourth-order valence-corrected chi connectivity index (χ4v) is 4.50. The average Bonchev–Trinajstić information content (AvgIpc) is 2.01. The smallest absolute Gasteiger partial charge is 0.303 e. The van der Waals surface area contributed by atoms with Crippen LogP contribution in [-0.4, -0.2) is 21.6 Å². The molecule has 0 saturated carbocycles. The minimum absolute atomic E-state index is 0.396. The van der Waals surface area contributed by atoms with E-state index in [1.54, 1.807) is 0 Å². The van der Waals surface area contributed by atoms with Crippen molar-refractivity contribution in [1.82, 2.24) is 0 Å². The second-order valence-corrected chi connectivity index (χ2v) is 5.85. The van der Waals surface area contributed by atoms with E-state index in [1.165, 1.54) is 19.3 Å². The Bertz CT molecular complexity index is 193. The van der Waals surface area contributed by atoms with Gasteiger partial charge in [-0.3, -0.25) is 4.79 Å². The lowest BCUT2D eigenvalue weighted by Gasteiger charge is -2.38. The Morgan fingerprint density at radius 1 is 1.31 bits per heavy atom. The Morgan fingerprint density at radius 2 is 1.92 bits per heavy atom. The monoisotopic (exact) mass is 200 g/mol. The van der Waals surface area contributed by atoms with E-state index >= 15 is 0 Å². The third kappa shape index (κ3) is 2.39. The summed E-state index contributed by atoms with van der Waals surface area (Å²) in [6, 6.07) is 0. The largest absolute Gasteiger partial charge is 0.481 e. The molecule has 2 atom stereocenters. The van der Waals surface area contributed by atoms with E-state index in [0.29, 0.717) is 12.3 Å². The molecule has 1 N–H and O–H groups in total. The topological polar surface area (TPSA) is 37.3 Å². The van der Waals surface area contributed by atoms with Gasteiger partial charge in [-0.15, -0.1) is 0 Å². The molecule has 74 valence electrons. The summed E-state index contributed by atoms with van der Waals surface area (Å²) in [6.45, 7) is 0. The van der Waals surface area contributed by atoms with Gasteiger partial charge in [0.15, 0.2) is 0 Å². The van der Waals surface area contributed by atoms with Crippen LogP contribution in [0.3, 0.4) is 0 Å². The first-order valence-corrected chi connectivity index (χ1v) is 6.05. The molecule has 2 unspecified atom stereocenters. The third-order valence-corrected chi connectivity index (χ3v) is 4.72. The standard InChI is InChI=1S/C10H16O2S/c11-10(12)6-7-4-8-2-1-3-9(5-7)13-8/h7-9H,1-6H2,(H,11,12). The van der Waals surface area contributed by atoms with Crippen molar-refractivity contribution in [3.05, 3.63) is 0 Å². The molecule has 2 rings (SSSR count). The summed E-state index contributed by atoms with van der Waals surface area (Å²) < 4.78 is 0. The van der Waals surface area contributed by atoms with Gasteiger partial charge in [0.2, 0.25) is 0 Å². The molecule has 0 aromatic heterocycles. The molecular weight excluding hydrogens is 184 g/mol. The average molecular weight is 200 g/mol. The van der Waals surface area contributed by atoms with Gasteiger partial charge in [0.25, 0.3) is 0 Å². The first kappa shape index (κ1) is 9.38. The highest BCUT2D eigenvalue weighted by Crippen LogP contribution is 2.44. The summed E-state index contributed by atoms with van der Waals surface area (Å²) in [7, 11) is 0. The van der Waals surface area contributed by atoms with E-state index in [1.807, 2.05) is 0 Å². The van der Waals surface area contributed by atoms with E-state index in [2.05, 4.69) is 11.8 Å². The maximum atomic E-state index is 10.6. The Balaban J connectivity index is 1.90. The third-order valence-electron chi connectivity index (χ3n) is 3.09. The number of thioether (sulfide) groups is 1. The number of hydrogen-bond acceptors (Lipinski definition) is 2. The number of carbonyl (C=O) groups is 1. The molecule has 2 aliphatic rings. The predicted molar refractivity (Wildman–Crippen MR) is 54.0 cm³/mol. The number of rotatable bonds is 2. The summed E-state index contributed by atoms with van der Waals surface area (Å²) in [5, 5.41) is 10.3. The van der Waals surface area contributed by atoms with Crippen molar-refractivity contribution < 1.29 is 9.90 Å². The molecule has 2 heterocycles. The van der Waals surface area contributed by atoms with Gasteiger partial charge in [0, 0.05) is 16.9 Å². The summed E-state index contributed by atoms with van der Waals surface area (Å²) in [6.07, 6.45) is 6.69. The molecule has 2 bridgehead atoms. The van der Waals surface area contributed by atoms with Gasteiger partial charge >= 0.3 is 5.97 Å². The molecule has 2 aliphatic heterocycles. The second kappa shape index (κ2) is 3.91. The van der Waals surface area contributed by atoms with Crippen molar-refractivity contribution in [2.75, 3.05) is 0 Å². The molecule has 0 aromatic rings. The highest BCUT2D eigenvalue weighted by atomic mass is 32.2. The van der Waals surface area contributed by atoms with Crippen LogP contribution >= 0.6 is 11.8 Å². The van der Waals surface area contributed by atoms with Gasteiger partial charge in [-0.05, 0) is 31.6 Å². The predicted octanol–water partition coefficient (Wildman–Crippen LogP) is 2.53. The van der Waals surface area contributed by atoms with Gasteiger partial charge < -0.3 is 5.11 Å². The first-order valence-electron chi connectivity index (χ1n) is 5.11. The van der Waals surface area contributed by atoms with Crippen LogP contribution in [0.2, 0.25) is 0 Å². The fourth-order valence-electron chi connectivity index (χ4n) is 2.58. The van der Waals surface area contributed by atoms with Crippen molar-refractivity contribution in [3.63, 3.8) is 0 Å². The molecule has 13 heavy (non-hydrogen) atoms. The fraction of sp³-hybridized carbons (Fsp3) is 0.900. The van der Waals surface area contributed by atoms with Gasteiger partial charge in [0.05, 0.1) is 0 Å². The van der Waals surface area contributed by atoms with Crippen LogP contribution in [0.25, 0.3) is 0 Å². The van der Waals surface area contributed by atoms with E-state index in [9.17, 15) is 4.79 Å². The highest BCUT2D eigenvalue weighted by molar-refractivity contribution is 8.00. The summed E-state index contributed by atoms with van der Waals surface area (Å²) in [5.41, 5.74) is 0. The zero-order valence-corrected chi connectivity index (χ0v) is 8.55. The van der Waals surface area contributed by atoms with Crippen LogP contribution in [0.15, 0.2) is 0 Å². The van der Waals surface area contributed by atoms with Crippen molar-refractivity contribution in [3.8, 4) is 0 Å². The van der Waals surface area contributed by atoms with Crippen molar-refractivity contribution in [2.24, 2.45) is 5.92 Å². The maximum absolute atomic E-state index is 10.6. The van der Waals surface area contributed by atoms with Crippen LogP contribution in [0.1, 0.15) is 38.5 Å². The van der Waals surface area contributed by atoms with Crippen LogP contribution in [-0.2, 0) is 4.79 Å². The molecule has 3 heteroatoms. The number of fused-ring (bicyclic) bond motifs is 2. The number of carboxylic acids is 1. The van der Waals surface area contributed by atoms with Gasteiger partial charge in [0.1, 0.15) is 0 Å². The molecule has 2 saturated heterocycles. The lowest BCUT2D eigenvalue weighted by Crippen LogP contribution is -2.29. The van der Waals surface area contributed by atoms with Crippen LogP contribution in [0, 0.1) is 5.92 Å². The minimum atomic E-state index is -0.616. The van der Waals surface area contributed by atoms with Gasteiger partial charge in [-0.2, -0.15) is 11.8 Å². The summed E-state index contributed by atoms with van der Waals surface area (Å²) in [4.78, 5) is 10.6. The Hall–Kier alpha value is -0.180. The van der Waals surface area contributed by atoms with Crippen LogP contribution < -0.4 is 0 Å². The summed E-state index contributed by atoms with van der Waals surface area (Å²) in [5.74, 6) is -0.149. The lowest BCUT2D eigenvalue weighted by molar-refractivity contribution is -0.138. The van der Waals surface area contributed by atoms with Crippen molar-refractivity contribution in [2.45, 2.75) is 49.0 Å². The Morgan fingerprint density at radius 3 is 2.46 bits per heavy atom. The van der Waals surface area contributed by atoms with Gasteiger partial charge in [-0.1, -0.05) is 6.42 Å². The minimum Gasteiger partial charge on any atom is -0.481 e. The molecule has 0 amide bonds. The SMILES string of the molecule is O=C(O)CC1CC2CCCC(C1)S2. The molecule has 2 nitrogen and oxygen atoms in total. The lowest BCUT2D eigenvalue weighted by atomic mass is 9.87. The quantitative estimate of drug-likeness (QED) is 0.744. The first-order chi connectivity index (χ1) is 6.24. The zero-order chi connectivity index (χ0) is 9.26. The number of carboxylic acid groups (broad SMARTS) is 1. The Labute approximate surface area is 83.1 Å². The summed E-state index contributed by atoms with van der Waals surface area (Å²) >= 11 is 2.11. The van der Waals surface area contributed by atoms with E-state index in [-0.39, 0.29) is 0 Å². The normalized spacial score (nSPS) is 38.6. The zero-order valence-electron chi connectivity index (χ0n) is 7.74. The van der Waals surface area contributed by atoms with Crippen LogP contribution in [0.4, 0.5) is 0 Å². The molecule has 0 aliphatic carbocycles. The van der Waals surface area contributed by atoms with Crippen molar-refractivity contribution >= 4 is 17.7 Å². The van der Waals surface area contributed by atoms with E-state index in [4.69, 9.17) is 5.11 Å². The molecular formula is C10H16O2S. The van der Waals surface area contributed by atoms with E-state index < -0.39 is 5.97 Å². The molecule has 0 aromatic carbocycles. The highest BCUT2D eigenvalue weighted by Gasteiger charge is 2.32.